The van der Waals surface area contributed by atoms with Crippen molar-refractivity contribution in [1.29, 1.82) is 0 Å². The van der Waals surface area contributed by atoms with Crippen LogP contribution in [-0.2, 0) is 4.79 Å². The number of unbranched alkanes of at least 4 members (excludes halogenated alkanes) is 3. The van der Waals surface area contributed by atoms with E-state index < -0.39 is 0 Å². The lowest BCUT2D eigenvalue weighted by Gasteiger charge is -2.09. The number of anilines is 2. The fraction of sp³-hybridized carbons (Fsp3) is 0.350. The smallest absolute Gasteiger partial charge is 0.255 e. The molecule has 138 valence electrons. The van der Waals surface area contributed by atoms with E-state index in [2.05, 4.69) is 22.5 Å². The van der Waals surface area contributed by atoms with Gasteiger partial charge in [-0.05, 0) is 42.8 Å². The van der Waals surface area contributed by atoms with Gasteiger partial charge in [0.2, 0.25) is 5.91 Å². The van der Waals surface area contributed by atoms with Crippen molar-refractivity contribution in [2.24, 2.45) is 0 Å². The number of aromatic nitrogens is 1. The van der Waals surface area contributed by atoms with E-state index in [4.69, 9.17) is 4.74 Å². The lowest BCUT2D eigenvalue weighted by atomic mass is 10.2. The van der Waals surface area contributed by atoms with E-state index in [0.29, 0.717) is 23.7 Å². The van der Waals surface area contributed by atoms with E-state index in [1.165, 1.54) is 38.4 Å². The molecule has 0 unspecified atom stereocenters. The molecule has 6 heteroatoms. The fourth-order valence-electron chi connectivity index (χ4n) is 2.38. The number of nitrogens with zero attached hydrogens (tertiary/aromatic N) is 1. The molecule has 2 amide bonds. The predicted octanol–water partition coefficient (Wildman–Crippen LogP) is 4.25. The van der Waals surface area contributed by atoms with Gasteiger partial charge >= 0.3 is 0 Å². The van der Waals surface area contributed by atoms with Crippen molar-refractivity contribution in [2.75, 3.05) is 17.2 Å². The molecule has 0 saturated carbocycles. The summed E-state index contributed by atoms with van der Waals surface area (Å²) in [6, 6.07) is 10.4. The second-order valence-electron chi connectivity index (χ2n) is 6.00. The monoisotopic (exact) mass is 355 g/mol. The Morgan fingerprint density at radius 2 is 1.81 bits per heavy atom. The minimum atomic E-state index is -0.271. The minimum Gasteiger partial charge on any atom is -0.494 e. The molecule has 1 aromatic carbocycles. The van der Waals surface area contributed by atoms with Crippen LogP contribution in [0.15, 0.2) is 42.6 Å². The normalized spacial score (nSPS) is 10.2. The van der Waals surface area contributed by atoms with Gasteiger partial charge in [0.1, 0.15) is 11.6 Å². The summed E-state index contributed by atoms with van der Waals surface area (Å²) in [5, 5.41) is 5.37. The Labute approximate surface area is 154 Å². The zero-order valence-electron chi connectivity index (χ0n) is 15.2. The topological polar surface area (TPSA) is 80.3 Å². The Morgan fingerprint density at radius 1 is 1.04 bits per heavy atom. The standard InChI is InChI=1S/C20H25N3O3/c1-3-4-5-6-13-26-18-9-7-17(8-10-18)23-20(25)16-11-12-21-19(14-16)22-15(2)24/h7-12,14H,3-6,13H2,1-2H3,(H,23,25)(H,21,22,24). The lowest BCUT2D eigenvalue weighted by Crippen LogP contribution is -2.13. The Kier molecular flexibility index (Phi) is 7.61. The van der Waals surface area contributed by atoms with E-state index >= 15 is 0 Å². The third-order valence-electron chi connectivity index (χ3n) is 3.71. The van der Waals surface area contributed by atoms with Crippen LogP contribution in [0, 0.1) is 0 Å². The highest BCUT2D eigenvalue weighted by Crippen LogP contribution is 2.17. The van der Waals surface area contributed by atoms with Gasteiger partial charge in [-0.3, -0.25) is 9.59 Å². The first-order chi connectivity index (χ1) is 12.6. The quantitative estimate of drug-likeness (QED) is 0.659. The summed E-state index contributed by atoms with van der Waals surface area (Å²) in [5.41, 5.74) is 1.09. The van der Waals surface area contributed by atoms with Crippen LogP contribution in [0.1, 0.15) is 49.9 Å². The highest BCUT2D eigenvalue weighted by molar-refractivity contribution is 6.05. The molecule has 26 heavy (non-hydrogen) atoms. The number of ether oxygens (including phenoxy) is 1. The maximum atomic E-state index is 12.3. The predicted molar refractivity (Wildman–Crippen MR) is 103 cm³/mol. The summed E-state index contributed by atoms with van der Waals surface area (Å²) in [6.07, 6.45) is 6.14. The number of hydrogen-bond acceptors (Lipinski definition) is 4. The van der Waals surface area contributed by atoms with Crippen molar-refractivity contribution in [3.05, 3.63) is 48.2 Å². The van der Waals surface area contributed by atoms with Gasteiger partial charge in [0.05, 0.1) is 6.61 Å². The summed E-state index contributed by atoms with van der Waals surface area (Å²) >= 11 is 0. The van der Waals surface area contributed by atoms with Gasteiger partial charge in [0, 0.05) is 24.4 Å². The van der Waals surface area contributed by atoms with Gasteiger partial charge in [-0.2, -0.15) is 0 Å². The van der Waals surface area contributed by atoms with Crippen LogP contribution >= 0.6 is 0 Å². The van der Waals surface area contributed by atoms with Gasteiger partial charge in [0.15, 0.2) is 0 Å². The molecule has 0 radical (unpaired) electrons. The Hall–Kier alpha value is -2.89. The van der Waals surface area contributed by atoms with Crippen molar-refractivity contribution < 1.29 is 14.3 Å². The number of carbonyl (C=O) groups is 2. The Balaban J connectivity index is 1.88. The molecule has 2 N–H and O–H groups in total. The maximum Gasteiger partial charge on any atom is 0.255 e. The number of nitrogens with one attached hydrogen (secondary N) is 2. The van der Waals surface area contributed by atoms with Gasteiger partial charge in [-0.1, -0.05) is 26.2 Å². The third-order valence-corrected chi connectivity index (χ3v) is 3.71. The number of rotatable bonds is 9. The molecular formula is C20H25N3O3. The first-order valence-corrected chi connectivity index (χ1v) is 8.86. The number of amides is 2. The van der Waals surface area contributed by atoms with Crippen molar-refractivity contribution in [3.8, 4) is 5.75 Å². The highest BCUT2D eigenvalue weighted by Gasteiger charge is 2.08. The Bertz CT molecular complexity index is 729. The van der Waals surface area contributed by atoms with Crippen molar-refractivity contribution in [3.63, 3.8) is 0 Å². The summed E-state index contributed by atoms with van der Waals surface area (Å²) in [6.45, 7) is 4.27. The first kappa shape index (κ1) is 19.4. The van der Waals surface area contributed by atoms with E-state index in [-0.39, 0.29) is 11.8 Å². The molecular weight excluding hydrogens is 330 g/mol. The van der Waals surface area contributed by atoms with Crippen LogP contribution in [0.3, 0.4) is 0 Å². The summed E-state index contributed by atoms with van der Waals surface area (Å²) < 4.78 is 5.69. The second-order valence-corrected chi connectivity index (χ2v) is 6.00. The number of hydrogen-bond donors (Lipinski definition) is 2. The molecule has 2 rings (SSSR count). The minimum absolute atomic E-state index is 0.236. The molecule has 0 aliphatic heterocycles. The van der Waals surface area contributed by atoms with Crippen LogP contribution in [0.2, 0.25) is 0 Å². The molecule has 0 saturated heterocycles. The first-order valence-electron chi connectivity index (χ1n) is 8.86. The van der Waals surface area contributed by atoms with Gasteiger partial charge in [0.25, 0.3) is 5.91 Å². The van der Waals surface area contributed by atoms with Gasteiger partial charge in [-0.15, -0.1) is 0 Å². The summed E-state index contributed by atoms with van der Waals surface area (Å²) in [4.78, 5) is 27.4. The summed E-state index contributed by atoms with van der Waals surface area (Å²) in [5.74, 6) is 0.626. The maximum absolute atomic E-state index is 12.3. The molecule has 1 heterocycles. The van der Waals surface area contributed by atoms with E-state index in [0.717, 1.165) is 12.2 Å². The van der Waals surface area contributed by atoms with E-state index in [1.54, 1.807) is 18.2 Å². The molecule has 0 spiro atoms. The average Bonchev–Trinajstić information content (AvgIpc) is 2.62. The Morgan fingerprint density at radius 3 is 2.50 bits per heavy atom. The largest absolute Gasteiger partial charge is 0.494 e. The van der Waals surface area contributed by atoms with E-state index in [9.17, 15) is 9.59 Å². The molecule has 6 nitrogen and oxygen atoms in total. The zero-order chi connectivity index (χ0) is 18.8. The number of pyridine rings is 1. The molecule has 2 aromatic rings. The fourth-order valence-corrected chi connectivity index (χ4v) is 2.38. The summed E-state index contributed by atoms with van der Waals surface area (Å²) in [7, 11) is 0. The van der Waals surface area contributed by atoms with Crippen molar-refractivity contribution in [2.45, 2.75) is 39.5 Å². The van der Waals surface area contributed by atoms with Crippen LogP contribution in [-0.4, -0.2) is 23.4 Å². The molecule has 0 fully saturated rings. The number of carbonyl (C=O) groups excluding carboxylic acids is 2. The molecule has 0 aliphatic carbocycles. The van der Waals surface area contributed by atoms with Crippen molar-refractivity contribution in [1.82, 2.24) is 4.98 Å². The average molecular weight is 355 g/mol. The highest BCUT2D eigenvalue weighted by atomic mass is 16.5. The van der Waals surface area contributed by atoms with Gasteiger partial charge < -0.3 is 15.4 Å². The lowest BCUT2D eigenvalue weighted by molar-refractivity contribution is -0.114. The second kappa shape index (κ2) is 10.2. The van der Waals surface area contributed by atoms with Crippen LogP contribution in [0.5, 0.6) is 5.75 Å². The van der Waals surface area contributed by atoms with E-state index in [1.807, 2.05) is 12.1 Å². The van der Waals surface area contributed by atoms with Crippen molar-refractivity contribution >= 4 is 23.3 Å². The van der Waals surface area contributed by atoms with Crippen LogP contribution < -0.4 is 15.4 Å². The molecule has 0 atom stereocenters. The van der Waals surface area contributed by atoms with Crippen LogP contribution in [0.25, 0.3) is 0 Å². The number of benzene rings is 1. The molecule has 0 bridgehead atoms. The third kappa shape index (κ3) is 6.55. The van der Waals surface area contributed by atoms with Crippen LogP contribution in [0.4, 0.5) is 11.5 Å². The zero-order valence-corrected chi connectivity index (χ0v) is 15.2. The molecule has 1 aromatic heterocycles. The molecule has 0 aliphatic rings. The van der Waals surface area contributed by atoms with Gasteiger partial charge in [-0.25, -0.2) is 4.98 Å². The SMILES string of the molecule is CCCCCCOc1ccc(NC(=O)c2ccnc(NC(C)=O)c2)cc1.